The molecule has 0 heterocycles. The standard InChI is InChI=1S/C18H25N3O2/c1-7-21(8-2)20-19-16-11-10-15(18(3,4)5)13-14(16)9-12-17(22)23-6/h10-11,13H,7-8H2,1-6H3. The molecule has 1 aromatic rings. The van der Waals surface area contributed by atoms with Gasteiger partial charge in [-0.3, -0.25) is 5.01 Å². The third-order valence-electron chi connectivity index (χ3n) is 3.36. The molecule has 0 amide bonds. The molecular weight excluding hydrogens is 290 g/mol. The predicted molar refractivity (Wildman–Crippen MR) is 91.5 cm³/mol. The van der Waals surface area contributed by atoms with Gasteiger partial charge >= 0.3 is 5.97 Å². The number of carbonyl (C=O) groups is 1. The number of hydrogen-bond acceptors (Lipinski definition) is 4. The van der Waals surface area contributed by atoms with E-state index < -0.39 is 5.97 Å². The summed E-state index contributed by atoms with van der Waals surface area (Å²) in [4.78, 5) is 11.3. The van der Waals surface area contributed by atoms with Gasteiger partial charge in [0.15, 0.2) is 0 Å². The summed E-state index contributed by atoms with van der Waals surface area (Å²) >= 11 is 0. The van der Waals surface area contributed by atoms with E-state index in [1.165, 1.54) is 7.11 Å². The molecule has 0 unspecified atom stereocenters. The van der Waals surface area contributed by atoms with Crippen molar-refractivity contribution in [2.75, 3.05) is 20.2 Å². The summed E-state index contributed by atoms with van der Waals surface area (Å²) in [6.07, 6.45) is 0. The Morgan fingerprint density at radius 1 is 1.26 bits per heavy atom. The van der Waals surface area contributed by atoms with Gasteiger partial charge in [0.25, 0.3) is 0 Å². The Morgan fingerprint density at radius 3 is 2.43 bits per heavy atom. The highest BCUT2D eigenvalue weighted by Crippen LogP contribution is 2.28. The molecule has 1 aromatic carbocycles. The molecule has 0 aromatic heterocycles. The maximum atomic E-state index is 11.3. The van der Waals surface area contributed by atoms with Crippen molar-refractivity contribution in [3.8, 4) is 11.8 Å². The molecular formula is C18H25N3O2. The highest BCUT2D eigenvalue weighted by Gasteiger charge is 2.15. The fraction of sp³-hybridized carbons (Fsp3) is 0.500. The molecule has 1 rings (SSSR count). The zero-order chi connectivity index (χ0) is 17.5. The van der Waals surface area contributed by atoms with E-state index >= 15 is 0 Å². The molecule has 0 atom stereocenters. The minimum absolute atomic E-state index is 0.0176. The van der Waals surface area contributed by atoms with Crippen LogP contribution in [0.5, 0.6) is 0 Å². The molecule has 0 radical (unpaired) electrons. The van der Waals surface area contributed by atoms with Crippen molar-refractivity contribution in [2.24, 2.45) is 10.3 Å². The van der Waals surface area contributed by atoms with E-state index in [4.69, 9.17) is 0 Å². The Labute approximate surface area is 138 Å². The van der Waals surface area contributed by atoms with Crippen molar-refractivity contribution in [2.45, 2.75) is 40.0 Å². The van der Waals surface area contributed by atoms with Crippen LogP contribution in [0.3, 0.4) is 0 Å². The Balaban J connectivity index is 3.27. The van der Waals surface area contributed by atoms with Crippen LogP contribution in [0.4, 0.5) is 5.69 Å². The van der Waals surface area contributed by atoms with Gasteiger partial charge in [-0.2, -0.15) is 0 Å². The smallest absolute Gasteiger partial charge is 0.384 e. The molecule has 5 nitrogen and oxygen atoms in total. The molecule has 0 N–H and O–H groups in total. The van der Waals surface area contributed by atoms with E-state index in [0.29, 0.717) is 11.3 Å². The fourth-order valence-electron chi connectivity index (χ4n) is 1.82. The maximum Gasteiger partial charge on any atom is 0.384 e. The van der Waals surface area contributed by atoms with Crippen molar-refractivity contribution in [3.63, 3.8) is 0 Å². The number of carbonyl (C=O) groups excluding carboxylic acids is 1. The molecule has 0 spiro atoms. The molecule has 0 aliphatic rings. The van der Waals surface area contributed by atoms with Crippen LogP contribution in [0.25, 0.3) is 0 Å². The van der Waals surface area contributed by atoms with Gasteiger partial charge in [-0.1, -0.05) is 38.0 Å². The Morgan fingerprint density at radius 2 is 1.91 bits per heavy atom. The lowest BCUT2D eigenvalue weighted by Crippen LogP contribution is -2.14. The Bertz CT molecular complexity index is 630. The van der Waals surface area contributed by atoms with E-state index in [-0.39, 0.29) is 5.41 Å². The zero-order valence-corrected chi connectivity index (χ0v) is 14.8. The first-order valence-corrected chi connectivity index (χ1v) is 7.72. The average Bonchev–Trinajstić information content (AvgIpc) is 2.53. The molecule has 5 heteroatoms. The summed E-state index contributed by atoms with van der Waals surface area (Å²) in [5.41, 5.74) is 2.41. The number of methoxy groups -OCH3 is 1. The van der Waals surface area contributed by atoms with E-state index in [1.807, 2.05) is 37.1 Å². The predicted octanol–water partition coefficient (Wildman–Crippen LogP) is 3.85. The third-order valence-corrected chi connectivity index (χ3v) is 3.36. The molecule has 0 aliphatic carbocycles. The number of ether oxygens (including phenoxy) is 1. The molecule has 23 heavy (non-hydrogen) atoms. The van der Waals surface area contributed by atoms with E-state index in [1.54, 1.807) is 0 Å². The summed E-state index contributed by atoms with van der Waals surface area (Å²) in [6.45, 7) is 12.0. The molecule has 0 aliphatic heterocycles. The van der Waals surface area contributed by atoms with E-state index in [9.17, 15) is 4.79 Å². The second-order valence-corrected chi connectivity index (χ2v) is 6.05. The summed E-state index contributed by atoms with van der Waals surface area (Å²) < 4.78 is 4.57. The molecule has 0 saturated carbocycles. The lowest BCUT2D eigenvalue weighted by atomic mass is 9.86. The molecule has 0 bridgehead atoms. The van der Waals surface area contributed by atoms with Crippen molar-refractivity contribution in [1.82, 2.24) is 5.01 Å². The zero-order valence-electron chi connectivity index (χ0n) is 14.8. The van der Waals surface area contributed by atoms with Crippen LogP contribution in [0.1, 0.15) is 45.7 Å². The monoisotopic (exact) mass is 315 g/mol. The topological polar surface area (TPSA) is 54.3 Å². The quantitative estimate of drug-likeness (QED) is 0.367. The van der Waals surface area contributed by atoms with Gasteiger partial charge in [-0.25, -0.2) is 4.79 Å². The SMILES string of the molecule is CCN(CC)N=Nc1ccc(C(C)(C)C)cc1C#CC(=O)OC. The van der Waals surface area contributed by atoms with Crippen LogP contribution in [-0.2, 0) is 14.9 Å². The number of esters is 1. The summed E-state index contributed by atoms with van der Waals surface area (Å²) in [7, 11) is 1.31. The van der Waals surface area contributed by atoms with Gasteiger partial charge in [-0.05, 0) is 37.0 Å². The lowest BCUT2D eigenvalue weighted by molar-refractivity contribution is -0.133. The Hall–Kier alpha value is -2.35. The van der Waals surface area contributed by atoms with Crippen LogP contribution in [0, 0.1) is 11.8 Å². The Kier molecular flexibility index (Phi) is 6.77. The summed E-state index contributed by atoms with van der Waals surface area (Å²) in [5.74, 6) is 4.72. The lowest BCUT2D eigenvalue weighted by Gasteiger charge is -2.19. The minimum atomic E-state index is -0.571. The normalized spacial score (nSPS) is 11.0. The highest BCUT2D eigenvalue weighted by molar-refractivity contribution is 5.89. The van der Waals surface area contributed by atoms with Gasteiger partial charge < -0.3 is 4.74 Å². The van der Waals surface area contributed by atoms with Crippen LogP contribution in [0.2, 0.25) is 0 Å². The first kappa shape index (κ1) is 18.7. The van der Waals surface area contributed by atoms with Crippen LogP contribution in [-0.4, -0.2) is 31.2 Å². The van der Waals surface area contributed by atoms with Gasteiger partial charge in [0, 0.05) is 19.0 Å². The summed E-state index contributed by atoms with van der Waals surface area (Å²) in [5, 5.41) is 10.3. The number of benzene rings is 1. The maximum absolute atomic E-state index is 11.3. The number of hydrogen-bond donors (Lipinski definition) is 0. The number of rotatable bonds is 4. The average molecular weight is 315 g/mol. The van der Waals surface area contributed by atoms with Crippen molar-refractivity contribution < 1.29 is 9.53 Å². The van der Waals surface area contributed by atoms with Crippen molar-refractivity contribution in [1.29, 1.82) is 0 Å². The second kappa shape index (κ2) is 8.33. The highest BCUT2D eigenvalue weighted by atomic mass is 16.5. The molecule has 0 fully saturated rings. The fourth-order valence-corrected chi connectivity index (χ4v) is 1.82. The largest absolute Gasteiger partial charge is 0.459 e. The van der Waals surface area contributed by atoms with E-state index in [2.05, 4.69) is 47.7 Å². The third kappa shape index (κ3) is 5.74. The van der Waals surface area contributed by atoms with Crippen molar-refractivity contribution in [3.05, 3.63) is 29.3 Å². The first-order chi connectivity index (χ1) is 10.8. The van der Waals surface area contributed by atoms with Gasteiger partial charge in [-0.15, -0.1) is 5.11 Å². The summed E-state index contributed by atoms with van der Waals surface area (Å²) in [6, 6.07) is 5.85. The molecule has 0 saturated heterocycles. The van der Waals surface area contributed by atoms with Gasteiger partial charge in [0.05, 0.1) is 12.7 Å². The van der Waals surface area contributed by atoms with Crippen LogP contribution < -0.4 is 0 Å². The van der Waals surface area contributed by atoms with Crippen molar-refractivity contribution >= 4 is 11.7 Å². The second-order valence-electron chi connectivity index (χ2n) is 6.05. The van der Waals surface area contributed by atoms with Gasteiger partial charge in [0.1, 0.15) is 5.69 Å². The van der Waals surface area contributed by atoms with Gasteiger partial charge in [0.2, 0.25) is 0 Å². The van der Waals surface area contributed by atoms with E-state index in [0.717, 1.165) is 18.7 Å². The van der Waals surface area contributed by atoms with Crippen LogP contribution >= 0.6 is 0 Å². The number of nitrogens with zero attached hydrogens (tertiary/aromatic N) is 3. The van der Waals surface area contributed by atoms with Crippen LogP contribution in [0.15, 0.2) is 28.5 Å². The minimum Gasteiger partial charge on any atom is -0.459 e. The first-order valence-electron chi connectivity index (χ1n) is 7.72. The molecule has 124 valence electrons.